The molecule has 1 unspecified atom stereocenters. The minimum Gasteiger partial charge on any atom is -0.338 e. The van der Waals surface area contributed by atoms with Crippen LogP contribution in [-0.4, -0.2) is 22.1 Å². The molecule has 2 rings (SSSR count). The molecule has 0 aliphatic heterocycles. The third kappa shape index (κ3) is 3.29. The second-order valence-electron chi connectivity index (χ2n) is 4.17. The molecule has 21 heavy (non-hydrogen) atoms. The predicted octanol–water partition coefficient (Wildman–Crippen LogP) is 3.87. The normalized spacial score (nSPS) is 13.2. The number of aromatic nitrogens is 2. The van der Waals surface area contributed by atoms with E-state index in [1.165, 1.54) is 12.1 Å². The highest BCUT2D eigenvalue weighted by molar-refractivity contribution is 9.10. The average Bonchev–Trinajstić information content (AvgIpc) is 2.88. The lowest BCUT2D eigenvalue weighted by molar-refractivity contribution is -0.172. The maximum atomic E-state index is 13.1. The molecule has 4 nitrogen and oxygen atoms in total. The van der Waals surface area contributed by atoms with Gasteiger partial charge in [0, 0.05) is 5.56 Å². The molecule has 2 aromatic rings. The van der Waals surface area contributed by atoms with E-state index in [2.05, 4.69) is 30.6 Å². The summed E-state index contributed by atoms with van der Waals surface area (Å²) in [7, 11) is 0. The van der Waals surface area contributed by atoms with Crippen molar-refractivity contribution in [3.63, 3.8) is 0 Å². The Hall–Kier alpha value is -1.77. The topological polar surface area (TPSA) is 56.0 Å². The summed E-state index contributed by atoms with van der Waals surface area (Å²) < 4.78 is 54.9. The van der Waals surface area contributed by atoms with Crippen molar-refractivity contribution >= 4 is 21.7 Å². The Kier molecular flexibility index (Phi) is 4.13. The number of carbonyl (C=O) groups is 1. The Bertz CT molecular complexity index is 684. The molecular formula is C12H7BrF4N2O2. The van der Waals surface area contributed by atoms with Gasteiger partial charge in [0.1, 0.15) is 11.7 Å². The highest BCUT2D eigenvalue weighted by Gasteiger charge is 2.44. The van der Waals surface area contributed by atoms with Gasteiger partial charge < -0.3 is 4.52 Å². The number of ketones is 1. The number of alkyl halides is 3. The highest BCUT2D eigenvalue weighted by Crippen LogP contribution is 2.28. The van der Waals surface area contributed by atoms with Crippen LogP contribution in [0.2, 0.25) is 0 Å². The Morgan fingerprint density at radius 2 is 2.05 bits per heavy atom. The minimum absolute atomic E-state index is 0.0347. The molecule has 0 aliphatic carbocycles. The number of benzene rings is 1. The van der Waals surface area contributed by atoms with Gasteiger partial charge in [0.25, 0.3) is 0 Å². The molecule has 0 bridgehead atoms. The first-order chi connectivity index (χ1) is 9.70. The fourth-order valence-corrected chi connectivity index (χ4v) is 1.90. The zero-order valence-corrected chi connectivity index (χ0v) is 12.0. The van der Waals surface area contributed by atoms with Crippen molar-refractivity contribution in [3.8, 4) is 11.4 Å². The van der Waals surface area contributed by atoms with Crippen LogP contribution >= 0.6 is 15.9 Å². The first-order valence-electron chi connectivity index (χ1n) is 5.60. The van der Waals surface area contributed by atoms with Gasteiger partial charge in [-0.25, -0.2) is 4.39 Å². The number of halogens is 5. The molecule has 0 fully saturated rings. The monoisotopic (exact) mass is 366 g/mol. The lowest BCUT2D eigenvalue weighted by Crippen LogP contribution is -2.27. The molecule has 1 aromatic carbocycles. The number of nitrogens with zero attached hydrogens (tertiary/aromatic N) is 2. The predicted molar refractivity (Wildman–Crippen MR) is 66.9 cm³/mol. The van der Waals surface area contributed by atoms with E-state index >= 15 is 0 Å². The molecule has 0 radical (unpaired) electrons. The Morgan fingerprint density at radius 3 is 2.62 bits per heavy atom. The van der Waals surface area contributed by atoms with E-state index < -0.39 is 29.6 Å². The summed E-state index contributed by atoms with van der Waals surface area (Å²) in [6, 6.07) is 3.82. The van der Waals surface area contributed by atoms with Gasteiger partial charge in [-0.2, -0.15) is 18.2 Å². The second-order valence-corrected chi connectivity index (χ2v) is 5.02. The summed E-state index contributed by atoms with van der Waals surface area (Å²) in [5.41, 5.74) is 0.338. The van der Waals surface area contributed by atoms with Crippen molar-refractivity contribution < 1.29 is 26.9 Å². The van der Waals surface area contributed by atoms with Gasteiger partial charge in [-0.15, -0.1) is 0 Å². The molecule has 0 spiro atoms. The Balaban J connectivity index is 2.29. The van der Waals surface area contributed by atoms with Crippen molar-refractivity contribution in [2.75, 3.05) is 0 Å². The van der Waals surface area contributed by atoms with Crippen LogP contribution in [0.15, 0.2) is 27.2 Å². The van der Waals surface area contributed by atoms with Crippen LogP contribution in [0.3, 0.4) is 0 Å². The van der Waals surface area contributed by atoms with Crippen LogP contribution in [-0.2, 0) is 4.79 Å². The first kappa shape index (κ1) is 15.6. The lowest BCUT2D eigenvalue weighted by atomic mass is 10.1. The van der Waals surface area contributed by atoms with Crippen molar-refractivity contribution in [1.29, 1.82) is 0 Å². The zero-order valence-electron chi connectivity index (χ0n) is 10.4. The molecule has 112 valence electrons. The van der Waals surface area contributed by atoms with Gasteiger partial charge in [0.15, 0.2) is 0 Å². The molecule has 0 aliphatic rings. The summed E-state index contributed by atoms with van der Waals surface area (Å²) in [5.74, 6) is -4.57. The van der Waals surface area contributed by atoms with Gasteiger partial charge in [0.2, 0.25) is 17.5 Å². The number of hydrogen-bond donors (Lipinski definition) is 0. The van der Waals surface area contributed by atoms with Gasteiger partial charge in [-0.3, -0.25) is 4.79 Å². The van der Waals surface area contributed by atoms with Crippen molar-refractivity contribution in [2.24, 2.45) is 0 Å². The molecule has 1 aromatic heterocycles. The van der Waals surface area contributed by atoms with E-state index in [4.69, 9.17) is 0 Å². The fourth-order valence-electron chi connectivity index (χ4n) is 1.52. The SMILES string of the molecule is CC(C(=O)C(F)(F)F)c1nc(-c2ccc(F)c(Br)c2)no1. The number of carbonyl (C=O) groups excluding carboxylic acids is 1. The molecule has 0 saturated heterocycles. The Labute approximate surface area is 124 Å². The Morgan fingerprint density at radius 1 is 1.38 bits per heavy atom. The number of Topliss-reactive ketones (excluding diaryl/α,β-unsaturated/α-hetero) is 1. The maximum Gasteiger partial charge on any atom is 0.450 e. The van der Waals surface area contributed by atoms with Gasteiger partial charge in [-0.1, -0.05) is 5.16 Å². The second kappa shape index (κ2) is 5.55. The average molecular weight is 367 g/mol. The van der Waals surface area contributed by atoms with Crippen LogP contribution in [0.25, 0.3) is 11.4 Å². The van der Waals surface area contributed by atoms with Crippen molar-refractivity contribution in [3.05, 3.63) is 34.4 Å². The van der Waals surface area contributed by atoms with E-state index in [-0.39, 0.29) is 10.3 Å². The quantitative estimate of drug-likeness (QED) is 0.773. The van der Waals surface area contributed by atoms with Crippen LogP contribution in [0.5, 0.6) is 0 Å². The lowest BCUT2D eigenvalue weighted by Gasteiger charge is -2.08. The van der Waals surface area contributed by atoms with Crippen LogP contribution in [0, 0.1) is 5.82 Å². The van der Waals surface area contributed by atoms with E-state index in [1.807, 2.05) is 0 Å². The molecule has 0 N–H and O–H groups in total. The van der Waals surface area contributed by atoms with Gasteiger partial charge >= 0.3 is 6.18 Å². The smallest absolute Gasteiger partial charge is 0.338 e. The summed E-state index contributed by atoms with van der Waals surface area (Å²) in [6.07, 6.45) is -4.98. The van der Waals surface area contributed by atoms with Crippen LogP contribution in [0.1, 0.15) is 18.7 Å². The summed E-state index contributed by atoms with van der Waals surface area (Å²) in [5, 5.41) is 3.49. The third-order valence-electron chi connectivity index (χ3n) is 2.66. The van der Waals surface area contributed by atoms with Crippen LogP contribution in [0.4, 0.5) is 17.6 Å². The molecule has 1 atom stereocenters. The molecule has 0 saturated carbocycles. The van der Waals surface area contributed by atoms with Crippen LogP contribution < -0.4 is 0 Å². The van der Waals surface area contributed by atoms with E-state index in [0.717, 1.165) is 13.0 Å². The standard InChI is InChI=1S/C12H7BrF4N2O2/c1-5(9(20)12(15,16)17)11-18-10(19-21-11)6-2-3-8(14)7(13)4-6/h2-5H,1H3. The van der Waals surface area contributed by atoms with Crippen molar-refractivity contribution in [2.45, 2.75) is 19.0 Å². The van der Waals surface area contributed by atoms with E-state index in [1.54, 1.807) is 0 Å². The number of rotatable bonds is 3. The third-order valence-corrected chi connectivity index (χ3v) is 3.27. The molecule has 0 amide bonds. The van der Waals surface area contributed by atoms with Gasteiger partial charge in [-0.05, 0) is 41.1 Å². The summed E-state index contributed by atoms with van der Waals surface area (Å²) >= 11 is 2.96. The summed E-state index contributed by atoms with van der Waals surface area (Å²) in [4.78, 5) is 14.8. The van der Waals surface area contributed by atoms with E-state index in [0.29, 0.717) is 5.56 Å². The molecular weight excluding hydrogens is 360 g/mol. The maximum absolute atomic E-state index is 13.1. The highest BCUT2D eigenvalue weighted by atomic mass is 79.9. The zero-order chi connectivity index (χ0) is 15.8. The summed E-state index contributed by atoms with van der Waals surface area (Å²) in [6.45, 7) is 1.02. The molecule has 9 heteroatoms. The van der Waals surface area contributed by atoms with Gasteiger partial charge in [0.05, 0.1) is 4.47 Å². The van der Waals surface area contributed by atoms with Crippen molar-refractivity contribution in [1.82, 2.24) is 10.1 Å². The minimum atomic E-state index is -4.98. The number of hydrogen-bond acceptors (Lipinski definition) is 4. The van der Waals surface area contributed by atoms with E-state index in [9.17, 15) is 22.4 Å². The fraction of sp³-hybridized carbons (Fsp3) is 0.250. The first-order valence-corrected chi connectivity index (χ1v) is 6.39. The molecule has 1 heterocycles. The largest absolute Gasteiger partial charge is 0.450 e.